The lowest BCUT2D eigenvalue weighted by molar-refractivity contribution is 0.0891. The highest BCUT2D eigenvalue weighted by molar-refractivity contribution is 6.42. The molecule has 1 rings (SSSR count). The molecule has 0 aliphatic heterocycles. The Hall–Kier alpha value is -1.23. The summed E-state index contributed by atoms with van der Waals surface area (Å²) in [4.78, 5) is 11.3. The Morgan fingerprint density at radius 3 is 2.35 bits per heavy atom. The normalized spacial score (nSPS) is 15.6. The monoisotopic (exact) mass is 359 g/mol. The van der Waals surface area contributed by atoms with Gasteiger partial charge in [-0.2, -0.15) is 0 Å². The first-order valence-electron chi connectivity index (χ1n) is 7.25. The van der Waals surface area contributed by atoms with Gasteiger partial charge in [-0.05, 0) is 29.5 Å². The number of halogens is 2. The first-order valence-corrected chi connectivity index (χ1v) is 8.01. The van der Waals surface area contributed by atoms with E-state index in [9.17, 15) is 15.0 Å². The third-order valence-corrected chi connectivity index (χ3v) is 4.71. The Kier molecular flexibility index (Phi) is 6.51. The third-order valence-electron chi connectivity index (χ3n) is 3.97. The molecule has 0 aliphatic rings. The maximum absolute atomic E-state index is 11.3. The summed E-state index contributed by atoms with van der Waals surface area (Å²) >= 11 is 12.1. The summed E-state index contributed by atoms with van der Waals surface area (Å²) in [6, 6.07) is 4.52. The van der Waals surface area contributed by atoms with Gasteiger partial charge in [0.2, 0.25) is 0 Å². The largest absolute Gasteiger partial charge is 0.465 e. The number of carbonyl (C=O) groups is 1. The van der Waals surface area contributed by atoms with Gasteiger partial charge >= 0.3 is 6.09 Å². The van der Waals surface area contributed by atoms with Crippen molar-refractivity contribution in [2.24, 2.45) is 5.41 Å². The van der Waals surface area contributed by atoms with Crippen LogP contribution in [0.15, 0.2) is 30.9 Å². The Morgan fingerprint density at radius 1 is 1.35 bits per heavy atom. The van der Waals surface area contributed by atoms with Crippen LogP contribution in [0.4, 0.5) is 4.79 Å². The van der Waals surface area contributed by atoms with Gasteiger partial charge < -0.3 is 15.5 Å². The predicted molar refractivity (Wildman–Crippen MR) is 94.4 cm³/mol. The van der Waals surface area contributed by atoms with Gasteiger partial charge in [-0.3, -0.25) is 0 Å². The van der Waals surface area contributed by atoms with E-state index in [0.29, 0.717) is 22.0 Å². The number of allylic oxidation sites excluding steroid dienone is 1. The standard InChI is InChI=1S/C17H23Cl2NO3/c1-5-8-17(10-21,11-6-7-12(18)13(19)9-11)14(16(2,3)4)20-15(22)23/h5-7,9,14,20-21H,1,8,10H2,2-4H3,(H,22,23). The van der Waals surface area contributed by atoms with Gasteiger partial charge in [-0.15, -0.1) is 6.58 Å². The molecule has 0 fully saturated rings. The molecular formula is C17H23Cl2NO3. The van der Waals surface area contributed by atoms with Crippen LogP contribution in [0, 0.1) is 5.41 Å². The van der Waals surface area contributed by atoms with Crippen LogP contribution in [0.3, 0.4) is 0 Å². The van der Waals surface area contributed by atoms with Gasteiger partial charge in [-0.25, -0.2) is 4.79 Å². The second-order valence-corrected chi connectivity index (χ2v) is 7.50. The summed E-state index contributed by atoms with van der Waals surface area (Å²) in [5, 5.41) is 22.8. The molecule has 0 radical (unpaired) electrons. The number of aliphatic hydroxyl groups is 1. The van der Waals surface area contributed by atoms with Crippen molar-refractivity contribution in [2.75, 3.05) is 6.61 Å². The van der Waals surface area contributed by atoms with Gasteiger partial charge in [0.05, 0.1) is 16.7 Å². The van der Waals surface area contributed by atoms with E-state index >= 15 is 0 Å². The lowest BCUT2D eigenvalue weighted by Gasteiger charge is -2.46. The quantitative estimate of drug-likeness (QED) is 0.655. The number of hydrogen-bond donors (Lipinski definition) is 3. The zero-order valence-corrected chi connectivity index (χ0v) is 15.1. The molecule has 6 heteroatoms. The zero-order chi connectivity index (χ0) is 17.8. The van der Waals surface area contributed by atoms with Crippen molar-refractivity contribution >= 4 is 29.3 Å². The number of benzene rings is 1. The minimum Gasteiger partial charge on any atom is -0.465 e. The van der Waals surface area contributed by atoms with E-state index < -0.39 is 23.0 Å². The van der Waals surface area contributed by atoms with E-state index in [2.05, 4.69) is 11.9 Å². The first-order chi connectivity index (χ1) is 10.6. The number of nitrogens with one attached hydrogen (secondary N) is 1. The molecule has 3 N–H and O–H groups in total. The molecule has 2 atom stereocenters. The number of carboxylic acid groups (broad SMARTS) is 1. The minimum atomic E-state index is -1.15. The van der Waals surface area contributed by atoms with Crippen molar-refractivity contribution in [1.29, 1.82) is 0 Å². The van der Waals surface area contributed by atoms with E-state index in [-0.39, 0.29) is 6.61 Å². The number of rotatable bonds is 6. The highest BCUT2D eigenvalue weighted by atomic mass is 35.5. The summed E-state index contributed by atoms with van der Waals surface area (Å²) < 4.78 is 0. The summed E-state index contributed by atoms with van der Waals surface area (Å²) in [7, 11) is 0. The average molecular weight is 360 g/mol. The molecule has 0 aliphatic carbocycles. The van der Waals surface area contributed by atoms with Crippen LogP contribution >= 0.6 is 23.2 Å². The molecular weight excluding hydrogens is 337 g/mol. The molecule has 128 valence electrons. The minimum absolute atomic E-state index is 0.265. The fourth-order valence-corrected chi connectivity index (χ4v) is 3.32. The maximum atomic E-state index is 11.3. The Balaban J connectivity index is 3.57. The Labute approximate surface area is 147 Å². The van der Waals surface area contributed by atoms with Crippen LogP contribution in [-0.4, -0.2) is 29.0 Å². The van der Waals surface area contributed by atoms with Gasteiger partial charge in [0.15, 0.2) is 0 Å². The maximum Gasteiger partial charge on any atom is 0.404 e. The average Bonchev–Trinajstić information content (AvgIpc) is 2.44. The molecule has 1 amide bonds. The smallest absolute Gasteiger partial charge is 0.404 e. The van der Waals surface area contributed by atoms with E-state index in [1.165, 1.54) is 0 Å². The Morgan fingerprint density at radius 2 is 1.96 bits per heavy atom. The van der Waals surface area contributed by atoms with Crippen LogP contribution in [0.2, 0.25) is 10.0 Å². The fourth-order valence-electron chi connectivity index (χ4n) is 3.02. The topological polar surface area (TPSA) is 69.6 Å². The molecule has 0 saturated carbocycles. The molecule has 0 heterocycles. The number of hydrogen-bond acceptors (Lipinski definition) is 2. The second-order valence-electron chi connectivity index (χ2n) is 6.68. The lowest BCUT2D eigenvalue weighted by atomic mass is 9.64. The van der Waals surface area contributed by atoms with Crippen LogP contribution in [0.5, 0.6) is 0 Å². The van der Waals surface area contributed by atoms with E-state index in [1.54, 1.807) is 24.3 Å². The second kappa shape index (κ2) is 7.56. The molecule has 23 heavy (non-hydrogen) atoms. The highest BCUT2D eigenvalue weighted by Crippen LogP contribution is 2.41. The van der Waals surface area contributed by atoms with Gasteiger partial charge in [-0.1, -0.05) is 56.1 Å². The van der Waals surface area contributed by atoms with Crippen molar-refractivity contribution in [3.05, 3.63) is 46.5 Å². The highest BCUT2D eigenvalue weighted by Gasteiger charge is 2.46. The van der Waals surface area contributed by atoms with Crippen molar-refractivity contribution in [2.45, 2.75) is 38.6 Å². The molecule has 1 aromatic carbocycles. The lowest BCUT2D eigenvalue weighted by Crippen LogP contribution is -2.58. The number of aliphatic hydroxyl groups excluding tert-OH is 1. The van der Waals surface area contributed by atoms with Crippen LogP contribution in [-0.2, 0) is 5.41 Å². The van der Waals surface area contributed by atoms with E-state index in [0.717, 1.165) is 0 Å². The Bertz CT molecular complexity index is 584. The van der Waals surface area contributed by atoms with Crippen molar-refractivity contribution in [3.8, 4) is 0 Å². The zero-order valence-electron chi connectivity index (χ0n) is 13.6. The third kappa shape index (κ3) is 4.40. The fraction of sp³-hybridized carbons (Fsp3) is 0.471. The summed E-state index contributed by atoms with van der Waals surface area (Å²) in [5.41, 5.74) is -0.633. The predicted octanol–water partition coefficient (Wildman–Crippen LogP) is 4.48. The molecule has 4 nitrogen and oxygen atoms in total. The molecule has 0 saturated heterocycles. The van der Waals surface area contributed by atoms with Crippen LogP contribution in [0.25, 0.3) is 0 Å². The molecule has 0 aromatic heterocycles. The van der Waals surface area contributed by atoms with Crippen molar-refractivity contribution in [3.63, 3.8) is 0 Å². The van der Waals surface area contributed by atoms with Crippen molar-refractivity contribution in [1.82, 2.24) is 5.32 Å². The van der Waals surface area contributed by atoms with Gasteiger partial charge in [0, 0.05) is 11.5 Å². The van der Waals surface area contributed by atoms with Crippen LogP contribution in [0.1, 0.15) is 32.8 Å². The van der Waals surface area contributed by atoms with E-state index in [1.807, 2.05) is 20.8 Å². The van der Waals surface area contributed by atoms with Gasteiger partial charge in [0.1, 0.15) is 0 Å². The number of amides is 1. The van der Waals surface area contributed by atoms with Crippen LogP contribution < -0.4 is 5.32 Å². The molecule has 2 unspecified atom stereocenters. The summed E-state index contributed by atoms with van der Waals surface area (Å²) in [6.07, 6.45) is 0.900. The summed E-state index contributed by atoms with van der Waals surface area (Å²) in [5.74, 6) is 0. The molecule has 0 bridgehead atoms. The first kappa shape index (κ1) is 19.8. The van der Waals surface area contributed by atoms with Crippen molar-refractivity contribution < 1.29 is 15.0 Å². The SMILES string of the molecule is C=CCC(CO)(c1ccc(Cl)c(Cl)c1)C(NC(=O)O)C(C)(C)C. The molecule has 0 spiro atoms. The van der Waals surface area contributed by atoms with E-state index in [4.69, 9.17) is 23.2 Å². The summed E-state index contributed by atoms with van der Waals surface area (Å²) in [6.45, 7) is 9.24. The van der Waals surface area contributed by atoms with Gasteiger partial charge in [0.25, 0.3) is 0 Å². The molecule has 1 aromatic rings.